The van der Waals surface area contributed by atoms with Gasteiger partial charge in [0.1, 0.15) is 5.75 Å². The highest BCUT2D eigenvalue weighted by Gasteiger charge is 2.73. The number of Topliss-reactive ketones (excluding diaryl/α,β-unsaturated/α-hetero) is 1. The lowest BCUT2D eigenvalue weighted by Crippen LogP contribution is -2.76. The summed E-state index contributed by atoms with van der Waals surface area (Å²) in [6.07, 6.45) is 4.66. The van der Waals surface area contributed by atoms with Gasteiger partial charge in [-0.05, 0) is 91.4 Å². The molecule has 1 spiro atoms. The summed E-state index contributed by atoms with van der Waals surface area (Å²) in [6, 6.07) is 18.1. The third-order valence-corrected chi connectivity index (χ3v) is 11.2. The Morgan fingerprint density at radius 1 is 1.00 bits per heavy atom. The minimum Gasteiger partial charge on any atom is -0.480 e. The molecule has 4 atom stereocenters. The van der Waals surface area contributed by atoms with Crippen LogP contribution in [0.2, 0.25) is 0 Å². The van der Waals surface area contributed by atoms with E-state index in [1.165, 1.54) is 12.8 Å². The maximum Gasteiger partial charge on any atom is 0.255 e. The monoisotopic (exact) mass is 592 g/mol. The number of benzene rings is 3. The SMILES string of the molecule is O=C(NCCc1ccc(-c2ccc3c(c2)OCO3)cc1)c1ccc2c3c1OC1C(=O)CCC4(O)C(C2)N(CC2CC2)CCC314. The van der Waals surface area contributed by atoms with E-state index >= 15 is 0 Å². The number of ketones is 1. The number of likely N-dealkylation sites (tertiary alicyclic amines) is 1. The summed E-state index contributed by atoms with van der Waals surface area (Å²) < 4.78 is 17.4. The van der Waals surface area contributed by atoms with E-state index in [2.05, 4.69) is 34.5 Å². The Bertz CT molecular complexity index is 1700. The normalized spacial score (nSPS) is 29.2. The summed E-state index contributed by atoms with van der Waals surface area (Å²) in [5, 5.41) is 15.6. The van der Waals surface area contributed by atoms with Crippen LogP contribution in [-0.2, 0) is 23.1 Å². The Hall–Kier alpha value is -3.88. The Labute approximate surface area is 256 Å². The first-order chi connectivity index (χ1) is 21.4. The van der Waals surface area contributed by atoms with Crippen molar-refractivity contribution < 1.29 is 28.9 Å². The lowest BCUT2D eigenvalue weighted by Gasteiger charge is -2.62. The number of carbonyl (C=O) groups is 2. The smallest absolute Gasteiger partial charge is 0.255 e. The van der Waals surface area contributed by atoms with Gasteiger partial charge in [-0.3, -0.25) is 14.5 Å². The first-order valence-corrected chi connectivity index (χ1v) is 16.0. The lowest BCUT2D eigenvalue weighted by molar-refractivity contribution is -0.188. The summed E-state index contributed by atoms with van der Waals surface area (Å²) in [5.41, 5.74) is 3.96. The number of aliphatic hydroxyl groups is 1. The predicted octanol–water partition coefficient (Wildman–Crippen LogP) is 4.19. The largest absolute Gasteiger partial charge is 0.480 e. The second-order valence-electron chi connectivity index (χ2n) is 13.5. The van der Waals surface area contributed by atoms with Crippen LogP contribution in [0, 0.1) is 5.92 Å². The molecular weight excluding hydrogens is 556 g/mol. The number of rotatable bonds is 7. The van der Waals surface area contributed by atoms with Crippen LogP contribution in [0.1, 0.15) is 59.2 Å². The third kappa shape index (κ3) is 3.76. The van der Waals surface area contributed by atoms with E-state index in [1.54, 1.807) is 0 Å². The van der Waals surface area contributed by atoms with Crippen molar-refractivity contribution in [1.29, 1.82) is 0 Å². The molecular formula is C36H36N2O6. The van der Waals surface area contributed by atoms with Gasteiger partial charge in [0.25, 0.3) is 5.91 Å². The molecule has 44 heavy (non-hydrogen) atoms. The first kappa shape index (κ1) is 26.5. The molecule has 2 N–H and O–H groups in total. The molecule has 8 nitrogen and oxygen atoms in total. The molecule has 6 aliphatic rings. The predicted molar refractivity (Wildman–Crippen MR) is 162 cm³/mol. The summed E-state index contributed by atoms with van der Waals surface area (Å²) in [6.45, 7) is 2.59. The van der Waals surface area contributed by atoms with Gasteiger partial charge in [0.05, 0.1) is 16.6 Å². The van der Waals surface area contributed by atoms with Gasteiger partial charge in [-0.25, -0.2) is 0 Å². The van der Waals surface area contributed by atoms with Crippen LogP contribution < -0.4 is 19.5 Å². The number of fused-ring (bicyclic) bond motifs is 1. The summed E-state index contributed by atoms with van der Waals surface area (Å²) in [5.74, 6) is 2.60. The number of hydrogen-bond acceptors (Lipinski definition) is 7. The van der Waals surface area contributed by atoms with Gasteiger partial charge >= 0.3 is 0 Å². The van der Waals surface area contributed by atoms with Crippen LogP contribution in [0.5, 0.6) is 17.2 Å². The molecule has 3 fully saturated rings. The topological polar surface area (TPSA) is 97.3 Å². The van der Waals surface area contributed by atoms with Crippen LogP contribution in [-0.4, -0.2) is 65.9 Å². The van der Waals surface area contributed by atoms with Gasteiger partial charge in [0, 0.05) is 31.1 Å². The molecule has 0 aromatic heterocycles. The second-order valence-corrected chi connectivity index (χ2v) is 13.5. The second kappa shape index (κ2) is 9.56. The third-order valence-electron chi connectivity index (χ3n) is 11.2. The van der Waals surface area contributed by atoms with Crippen LogP contribution >= 0.6 is 0 Å². The molecule has 9 rings (SSSR count). The molecule has 4 unspecified atom stereocenters. The molecule has 3 aliphatic carbocycles. The number of amides is 1. The van der Waals surface area contributed by atoms with Gasteiger partial charge in [0.2, 0.25) is 6.79 Å². The van der Waals surface area contributed by atoms with E-state index in [0.717, 1.165) is 64.7 Å². The van der Waals surface area contributed by atoms with Crippen molar-refractivity contribution in [3.63, 3.8) is 0 Å². The average molecular weight is 593 g/mol. The van der Waals surface area contributed by atoms with Crippen molar-refractivity contribution in [2.45, 2.75) is 68.1 Å². The molecule has 3 aliphatic heterocycles. The minimum absolute atomic E-state index is 0.0226. The maximum atomic E-state index is 13.6. The standard InChI is InChI=1S/C36H36N2O6/c39-27-11-13-36(41)30-18-25-7-9-26(32-31(25)35(36,33(27)44-32)14-16-38(30)19-22-1-2-22)34(40)37-15-12-21-3-5-23(6-4-21)24-8-10-28-29(17-24)43-20-42-28/h3-10,17,22,30,33,41H,1-2,11-16,18-20H2,(H,37,40). The van der Waals surface area contributed by atoms with Gasteiger partial charge in [-0.15, -0.1) is 0 Å². The van der Waals surface area contributed by atoms with Crippen molar-refractivity contribution in [2.75, 3.05) is 26.4 Å². The number of carbonyl (C=O) groups excluding carboxylic acids is 2. The molecule has 2 bridgehead atoms. The van der Waals surface area contributed by atoms with E-state index in [0.29, 0.717) is 43.5 Å². The van der Waals surface area contributed by atoms with Crippen LogP contribution in [0.3, 0.4) is 0 Å². The number of nitrogens with one attached hydrogen (secondary N) is 1. The highest BCUT2D eigenvalue weighted by atomic mass is 16.7. The van der Waals surface area contributed by atoms with Crippen LogP contribution in [0.25, 0.3) is 11.1 Å². The number of hydrogen-bond donors (Lipinski definition) is 2. The van der Waals surface area contributed by atoms with Gasteiger partial charge in [-0.1, -0.05) is 36.4 Å². The van der Waals surface area contributed by atoms with E-state index in [1.807, 2.05) is 30.3 Å². The van der Waals surface area contributed by atoms with Crippen molar-refractivity contribution in [3.05, 3.63) is 76.9 Å². The highest BCUT2D eigenvalue weighted by molar-refractivity contribution is 5.99. The van der Waals surface area contributed by atoms with E-state index < -0.39 is 17.1 Å². The average Bonchev–Trinajstić information content (AvgIpc) is 3.59. The zero-order chi connectivity index (χ0) is 29.6. The lowest BCUT2D eigenvalue weighted by atomic mass is 9.49. The van der Waals surface area contributed by atoms with Gasteiger partial charge in [-0.2, -0.15) is 0 Å². The first-order valence-electron chi connectivity index (χ1n) is 16.0. The molecule has 1 saturated heterocycles. The number of ether oxygens (including phenoxy) is 3. The number of piperidine rings is 1. The Morgan fingerprint density at radius 2 is 1.82 bits per heavy atom. The summed E-state index contributed by atoms with van der Waals surface area (Å²) >= 11 is 0. The highest BCUT2D eigenvalue weighted by Crippen LogP contribution is 2.64. The fourth-order valence-corrected chi connectivity index (χ4v) is 8.81. The minimum atomic E-state index is -1.03. The van der Waals surface area contributed by atoms with Gasteiger partial charge in [0.15, 0.2) is 23.4 Å². The van der Waals surface area contributed by atoms with E-state index in [9.17, 15) is 14.7 Å². The van der Waals surface area contributed by atoms with Crippen LogP contribution in [0.4, 0.5) is 0 Å². The van der Waals surface area contributed by atoms with E-state index in [4.69, 9.17) is 14.2 Å². The summed E-state index contributed by atoms with van der Waals surface area (Å²) in [7, 11) is 0. The molecule has 0 radical (unpaired) electrons. The van der Waals surface area contributed by atoms with E-state index in [-0.39, 0.29) is 24.5 Å². The van der Waals surface area contributed by atoms with Crippen molar-refractivity contribution in [3.8, 4) is 28.4 Å². The Balaban J connectivity index is 0.940. The zero-order valence-corrected chi connectivity index (χ0v) is 24.6. The Morgan fingerprint density at radius 3 is 2.66 bits per heavy atom. The summed E-state index contributed by atoms with van der Waals surface area (Å²) in [4.78, 5) is 29.4. The molecule has 3 aromatic carbocycles. The molecule has 226 valence electrons. The fourth-order valence-electron chi connectivity index (χ4n) is 8.81. The van der Waals surface area contributed by atoms with Gasteiger partial charge < -0.3 is 24.6 Å². The maximum absolute atomic E-state index is 13.6. The van der Waals surface area contributed by atoms with Crippen molar-refractivity contribution in [1.82, 2.24) is 10.2 Å². The fraction of sp³-hybridized carbons (Fsp3) is 0.444. The quantitative estimate of drug-likeness (QED) is 0.425. The number of nitrogens with zero attached hydrogens (tertiary/aromatic N) is 1. The molecule has 3 heterocycles. The van der Waals surface area contributed by atoms with Crippen LogP contribution in [0.15, 0.2) is 54.6 Å². The zero-order valence-electron chi connectivity index (χ0n) is 24.6. The van der Waals surface area contributed by atoms with Crippen molar-refractivity contribution in [2.24, 2.45) is 5.92 Å². The Kier molecular flexibility index (Phi) is 5.76. The molecule has 3 aromatic rings. The molecule has 1 amide bonds. The van der Waals surface area contributed by atoms with Crippen molar-refractivity contribution >= 4 is 11.7 Å². The molecule has 8 heteroatoms. The molecule has 2 saturated carbocycles.